The first-order valence-electron chi connectivity index (χ1n) is 13.4. The van der Waals surface area contributed by atoms with Gasteiger partial charge >= 0.3 is 0 Å². The zero-order valence-electron chi connectivity index (χ0n) is 22.0. The van der Waals surface area contributed by atoms with Crippen LogP contribution in [0.15, 0.2) is 30.5 Å². The third kappa shape index (κ3) is 4.46. The fraction of sp³-hybridized carbons (Fsp3) is 0.517. The van der Waals surface area contributed by atoms with E-state index in [2.05, 4.69) is 39.1 Å². The topological polar surface area (TPSA) is 84.3 Å². The van der Waals surface area contributed by atoms with E-state index in [4.69, 9.17) is 4.74 Å². The van der Waals surface area contributed by atoms with Gasteiger partial charge in [-0.2, -0.15) is 5.10 Å². The Bertz CT molecular complexity index is 1350. The Balaban J connectivity index is 1.31. The van der Waals surface area contributed by atoms with Gasteiger partial charge in [-0.15, -0.1) is 15.3 Å². The van der Waals surface area contributed by atoms with Crippen LogP contribution in [0.25, 0.3) is 22.4 Å². The summed E-state index contributed by atoms with van der Waals surface area (Å²) in [7, 11) is 1.40. The summed E-state index contributed by atoms with van der Waals surface area (Å²) >= 11 is 0. The van der Waals surface area contributed by atoms with E-state index < -0.39 is 17.4 Å². The van der Waals surface area contributed by atoms with Crippen LogP contribution in [-0.2, 0) is 0 Å². The lowest BCUT2D eigenvalue weighted by Gasteiger charge is -2.54. The van der Waals surface area contributed by atoms with E-state index in [-0.39, 0.29) is 28.3 Å². The Morgan fingerprint density at radius 2 is 1.71 bits per heavy atom. The number of phenols is 1. The molecule has 3 fully saturated rings. The highest BCUT2D eigenvalue weighted by molar-refractivity contribution is 5.75. The van der Waals surface area contributed by atoms with Crippen molar-refractivity contribution in [2.75, 3.05) is 12.0 Å². The van der Waals surface area contributed by atoms with Crippen molar-refractivity contribution in [3.8, 4) is 34.0 Å². The first-order chi connectivity index (χ1) is 18.2. The number of benzene rings is 1. The summed E-state index contributed by atoms with van der Waals surface area (Å²) in [6.07, 6.45) is 10.9. The third-order valence-corrected chi connectivity index (χ3v) is 8.71. The lowest BCUT2D eigenvalue weighted by Crippen LogP contribution is -2.51. The maximum absolute atomic E-state index is 15.3. The molecule has 0 spiro atoms. The number of anilines is 1. The van der Waals surface area contributed by atoms with Gasteiger partial charge in [0.1, 0.15) is 5.75 Å². The fourth-order valence-electron chi connectivity index (χ4n) is 7.19. The van der Waals surface area contributed by atoms with Gasteiger partial charge in [0.25, 0.3) is 0 Å². The molecule has 3 aliphatic carbocycles. The van der Waals surface area contributed by atoms with Crippen molar-refractivity contribution < 1.29 is 18.6 Å². The average molecular weight is 522 g/mol. The highest BCUT2D eigenvalue weighted by atomic mass is 19.2. The number of hydrogen-bond acceptors (Lipinski definition) is 7. The Morgan fingerprint density at radius 3 is 2.34 bits per heavy atom. The van der Waals surface area contributed by atoms with E-state index in [0.29, 0.717) is 22.9 Å². The second-order valence-corrected chi connectivity index (χ2v) is 12.1. The highest BCUT2D eigenvalue weighted by Gasteiger charge is 2.49. The minimum Gasteiger partial charge on any atom is -0.507 e. The number of fused-ring (bicyclic) bond motifs is 2. The molecule has 2 bridgehead atoms. The quantitative estimate of drug-likeness (QED) is 0.407. The van der Waals surface area contributed by atoms with Gasteiger partial charge in [0.05, 0.1) is 24.6 Å². The lowest BCUT2D eigenvalue weighted by molar-refractivity contribution is 0.0127. The van der Waals surface area contributed by atoms with Gasteiger partial charge in [-0.1, -0.05) is 20.3 Å². The number of hydrogen-bond donors (Lipinski definition) is 1. The van der Waals surface area contributed by atoms with E-state index in [9.17, 15) is 5.11 Å². The molecular formula is C29H33F2N5O2. The van der Waals surface area contributed by atoms with Crippen molar-refractivity contribution in [2.24, 2.45) is 10.8 Å². The molecule has 2 heterocycles. The van der Waals surface area contributed by atoms with Gasteiger partial charge in [-0.25, -0.2) is 8.78 Å². The molecule has 3 aliphatic rings. The van der Waals surface area contributed by atoms with Crippen molar-refractivity contribution in [2.45, 2.75) is 77.3 Å². The predicted octanol–water partition coefficient (Wildman–Crippen LogP) is 6.31. The molecule has 9 heteroatoms. The van der Waals surface area contributed by atoms with E-state index in [1.54, 1.807) is 6.07 Å². The van der Waals surface area contributed by atoms with Crippen LogP contribution in [0.1, 0.15) is 65.2 Å². The summed E-state index contributed by atoms with van der Waals surface area (Å²) in [6, 6.07) is 6.87. The van der Waals surface area contributed by atoms with Crippen LogP contribution in [0.2, 0.25) is 0 Å². The first kappa shape index (κ1) is 24.9. The van der Waals surface area contributed by atoms with E-state index in [1.807, 2.05) is 6.07 Å². The Kier molecular flexibility index (Phi) is 6.00. The largest absolute Gasteiger partial charge is 0.507 e. The van der Waals surface area contributed by atoms with Gasteiger partial charge in [0.15, 0.2) is 17.5 Å². The van der Waals surface area contributed by atoms with E-state index in [0.717, 1.165) is 31.5 Å². The molecule has 0 amide bonds. The average Bonchev–Trinajstić information content (AvgIpc) is 3.71. The number of aromatic hydroxyl groups is 1. The van der Waals surface area contributed by atoms with Gasteiger partial charge in [-0.3, -0.25) is 0 Å². The van der Waals surface area contributed by atoms with Crippen LogP contribution in [-0.4, -0.2) is 44.7 Å². The molecule has 1 N–H and O–H groups in total. The minimum atomic E-state index is -1.20. The number of ether oxygens (including phenoxy) is 1. The van der Waals surface area contributed by atoms with E-state index >= 15 is 8.78 Å². The van der Waals surface area contributed by atoms with Crippen LogP contribution in [0.4, 0.5) is 14.6 Å². The molecule has 0 radical (unpaired) electrons. The number of halogens is 2. The summed E-state index contributed by atoms with van der Waals surface area (Å²) in [6.45, 7) is 4.86. The molecular weight excluding hydrogens is 488 g/mol. The highest BCUT2D eigenvalue weighted by Crippen LogP contribution is 2.57. The maximum atomic E-state index is 15.3. The molecule has 0 saturated heterocycles. The first-order valence-corrected chi connectivity index (χ1v) is 13.4. The molecule has 38 heavy (non-hydrogen) atoms. The van der Waals surface area contributed by atoms with Crippen molar-refractivity contribution in [3.63, 3.8) is 0 Å². The number of nitrogens with zero attached hydrogens (tertiary/aromatic N) is 5. The van der Waals surface area contributed by atoms with Crippen LogP contribution in [0, 0.1) is 22.5 Å². The molecule has 6 rings (SSSR count). The van der Waals surface area contributed by atoms with Crippen molar-refractivity contribution >= 4 is 5.82 Å². The number of aromatic nitrogens is 4. The Hall–Kier alpha value is -3.36. The lowest BCUT2D eigenvalue weighted by atomic mass is 9.55. The molecule has 7 nitrogen and oxygen atoms in total. The standard InChI is InChI=1S/C29H33F2N5O2/c1-28-9-4-10-29(2,16-28)14-19(13-28)36(18-5-6-18)23-8-7-21(33-34-23)25-22(37)12-20(26(30)27(25)31)17-11-24(38-3)35-32-15-17/h7-8,11-12,15,18-19,37H,4-6,9-10,13-14,16H2,1-3H3/t19-,28-,29+. The van der Waals surface area contributed by atoms with Gasteiger partial charge in [-0.05, 0) is 74.0 Å². The molecule has 3 saturated carbocycles. The van der Waals surface area contributed by atoms with Crippen molar-refractivity contribution in [1.29, 1.82) is 0 Å². The van der Waals surface area contributed by atoms with Crippen LogP contribution in [0.5, 0.6) is 11.6 Å². The van der Waals surface area contributed by atoms with Crippen molar-refractivity contribution in [3.05, 3.63) is 42.1 Å². The monoisotopic (exact) mass is 521 g/mol. The second-order valence-electron chi connectivity index (χ2n) is 12.1. The van der Waals surface area contributed by atoms with Crippen LogP contribution in [0.3, 0.4) is 0 Å². The van der Waals surface area contributed by atoms with Crippen molar-refractivity contribution in [1.82, 2.24) is 20.4 Å². The third-order valence-electron chi connectivity index (χ3n) is 8.71. The summed E-state index contributed by atoms with van der Waals surface area (Å²) in [5.41, 5.74) is 0.541. The molecule has 1 aromatic carbocycles. The molecule has 3 aromatic rings. The predicted molar refractivity (Wildman–Crippen MR) is 140 cm³/mol. The van der Waals surface area contributed by atoms with Gasteiger partial charge in [0, 0.05) is 29.3 Å². The maximum Gasteiger partial charge on any atom is 0.233 e. The van der Waals surface area contributed by atoms with Crippen LogP contribution < -0.4 is 9.64 Å². The van der Waals surface area contributed by atoms with Gasteiger partial charge in [0.2, 0.25) is 5.88 Å². The summed E-state index contributed by atoms with van der Waals surface area (Å²) < 4.78 is 35.5. The van der Waals surface area contributed by atoms with E-state index in [1.165, 1.54) is 51.1 Å². The number of phenolic OH excluding ortho intramolecular Hbond substituents is 1. The molecule has 200 valence electrons. The smallest absolute Gasteiger partial charge is 0.233 e. The Morgan fingerprint density at radius 1 is 0.974 bits per heavy atom. The summed E-state index contributed by atoms with van der Waals surface area (Å²) in [5.74, 6) is -1.83. The normalized spacial score (nSPS) is 26.7. The van der Waals surface area contributed by atoms with Crippen LogP contribution >= 0.6 is 0 Å². The zero-order chi connectivity index (χ0) is 26.7. The molecule has 3 atom stereocenters. The fourth-order valence-corrected chi connectivity index (χ4v) is 7.19. The minimum absolute atomic E-state index is 0.0785. The SMILES string of the molecule is COc1cc(-c2cc(O)c(-c3ccc(N(C4CC4)[C@H]4C[C@]5(C)CCC[C@](C)(C4)C5)nn3)c(F)c2F)cnn1. The Labute approximate surface area is 221 Å². The summed E-state index contributed by atoms with van der Waals surface area (Å²) in [5, 5.41) is 27.0. The molecule has 0 unspecified atom stereocenters. The number of methoxy groups -OCH3 is 1. The van der Waals surface area contributed by atoms with Gasteiger partial charge < -0.3 is 14.7 Å². The second kappa shape index (κ2) is 9.13. The molecule has 0 aliphatic heterocycles. The summed E-state index contributed by atoms with van der Waals surface area (Å²) in [4.78, 5) is 2.43. The zero-order valence-corrected chi connectivity index (χ0v) is 22.0. The number of rotatable bonds is 6. The molecule has 2 aromatic heterocycles.